The van der Waals surface area contributed by atoms with Crippen molar-refractivity contribution in [3.8, 4) is 0 Å². The molecule has 1 unspecified atom stereocenters. The summed E-state index contributed by atoms with van der Waals surface area (Å²) in [6, 6.07) is 23.9. The Morgan fingerprint density at radius 2 is 1.59 bits per heavy atom. The molecule has 4 rings (SSSR count). The highest BCUT2D eigenvalue weighted by atomic mass is 35.5. The second-order valence-corrected chi connectivity index (χ2v) is 8.61. The molecule has 6 heteroatoms. The van der Waals surface area contributed by atoms with E-state index in [0.717, 1.165) is 29.2 Å². The van der Waals surface area contributed by atoms with Gasteiger partial charge in [0.2, 0.25) is 5.91 Å². The van der Waals surface area contributed by atoms with Crippen molar-refractivity contribution in [3.63, 3.8) is 0 Å². The number of carbonyl (C=O) groups is 2. The van der Waals surface area contributed by atoms with E-state index in [2.05, 4.69) is 15.6 Å². The average molecular weight is 472 g/mol. The van der Waals surface area contributed by atoms with Gasteiger partial charge in [-0.2, -0.15) is 0 Å². The molecule has 0 spiro atoms. The maximum Gasteiger partial charge on any atom is 0.251 e. The summed E-state index contributed by atoms with van der Waals surface area (Å²) < 4.78 is 0. The van der Waals surface area contributed by atoms with Crippen LogP contribution < -0.4 is 10.6 Å². The number of aromatic nitrogens is 1. The van der Waals surface area contributed by atoms with Crippen LogP contribution in [0.2, 0.25) is 5.02 Å². The molecule has 0 aliphatic carbocycles. The minimum absolute atomic E-state index is 0.209. The van der Waals surface area contributed by atoms with Gasteiger partial charge in [0.1, 0.15) is 6.04 Å². The number of amides is 2. The first-order valence-electron chi connectivity index (χ1n) is 11.3. The number of pyridine rings is 1. The fourth-order valence-electron chi connectivity index (χ4n) is 3.81. The number of nitrogens with one attached hydrogen (secondary N) is 2. The van der Waals surface area contributed by atoms with Gasteiger partial charge in [-0.15, -0.1) is 0 Å². The Morgan fingerprint density at radius 3 is 2.35 bits per heavy atom. The van der Waals surface area contributed by atoms with E-state index in [9.17, 15) is 9.59 Å². The zero-order valence-corrected chi connectivity index (χ0v) is 19.5. The summed E-state index contributed by atoms with van der Waals surface area (Å²) in [7, 11) is 0. The second-order valence-electron chi connectivity index (χ2n) is 8.17. The average Bonchev–Trinajstić information content (AvgIpc) is 2.87. The molecule has 4 aromatic rings. The quantitative estimate of drug-likeness (QED) is 0.338. The fourth-order valence-corrected chi connectivity index (χ4v) is 3.94. The second kappa shape index (κ2) is 11.4. The van der Waals surface area contributed by atoms with Gasteiger partial charge in [0.15, 0.2) is 0 Å². The zero-order valence-electron chi connectivity index (χ0n) is 18.7. The smallest absolute Gasteiger partial charge is 0.251 e. The van der Waals surface area contributed by atoms with Gasteiger partial charge in [0.05, 0.1) is 0 Å². The first-order valence-corrected chi connectivity index (χ1v) is 11.7. The molecule has 0 bridgehead atoms. The Labute approximate surface area is 204 Å². The molecule has 1 aromatic heterocycles. The Hall–Kier alpha value is -3.70. The molecule has 2 amide bonds. The van der Waals surface area contributed by atoms with Crippen molar-refractivity contribution < 1.29 is 9.59 Å². The van der Waals surface area contributed by atoms with Crippen LogP contribution in [0.5, 0.6) is 0 Å². The lowest BCUT2D eigenvalue weighted by molar-refractivity contribution is -0.122. The van der Waals surface area contributed by atoms with Gasteiger partial charge >= 0.3 is 0 Å². The molecule has 1 heterocycles. The molecule has 34 heavy (non-hydrogen) atoms. The third-order valence-electron chi connectivity index (χ3n) is 5.68. The van der Waals surface area contributed by atoms with Crippen LogP contribution >= 0.6 is 11.6 Å². The highest BCUT2D eigenvalue weighted by molar-refractivity contribution is 6.30. The topological polar surface area (TPSA) is 71.1 Å². The molecule has 2 N–H and O–H groups in total. The Morgan fingerprint density at radius 1 is 0.853 bits per heavy atom. The summed E-state index contributed by atoms with van der Waals surface area (Å²) in [4.78, 5) is 30.1. The van der Waals surface area contributed by atoms with Gasteiger partial charge in [-0.05, 0) is 71.1 Å². The van der Waals surface area contributed by atoms with E-state index < -0.39 is 6.04 Å². The number of nitrogens with zero attached hydrogens (tertiary/aromatic N) is 1. The van der Waals surface area contributed by atoms with E-state index in [4.69, 9.17) is 11.6 Å². The first kappa shape index (κ1) is 23.5. The minimum atomic E-state index is -0.707. The van der Waals surface area contributed by atoms with E-state index >= 15 is 0 Å². The lowest BCUT2D eigenvalue weighted by Gasteiger charge is -2.19. The molecule has 0 saturated heterocycles. The van der Waals surface area contributed by atoms with Crippen molar-refractivity contribution in [2.45, 2.75) is 25.3 Å². The molecular formula is C28H26ClN3O2. The number of hydrogen-bond donors (Lipinski definition) is 2. The zero-order chi connectivity index (χ0) is 23.8. The predicted molar refractivity (Wildman–Crippen MR) is 136 cm³/mol. The van der Waals surface area contributed by atoms with Crippen LogP contribution in [0.4, 0.5) is 0 Å². The maximum absolute atomic E-state index is 13.0. The van der Waals surface area contributed by atoms with E-state index in [1.54, 1.807) is 30.6 Å². The Bertz CT molecular complexity index is 1260. The Kier molecular flexibility index (Phi) is 7.89. The highest BCUT2D eigenvalue weighted by Crippen LogP contribution is 2.16. The third-order valence-corrected chi connectivity index (χ3v) is 5.93. The molecule has 0 fully saturated rings. The highest BCUT2D eigenvalue weighted by Gasteiger charge is 2.22. The van der Waals surface area contributed by atoms with Crippen LogP contribution in [0.3, 0.4) is 0 Å². The van der Waals surface area contributed by atoms with E-state index in [-0.39, 0.29) is 11.8 Å². The van der Waals surface area contributed by atoms with Gasteiger partial charge in [-0.3, -0.25) is 14.6 Å². The van der Waals surface area contributed by atoms with Crippen LogP contribution in [0.1, 0.15) is 27.9 Å². The number of rotatable bonds is 9. The number of hydrogen-bond acceptors (Lipinski definition) is 3. The van der Waals surface area contributed by atoms with Gasteiger partial charge in [-0.1, -0.05) is 54.1 Å². The van der Waals surface area contributed by atoms with Crippen molar-refractivity contribution in [3.05, 3.63) is 113 Å². The van der Waals surface area contributed by atoms with Crippen LogP contribution in [0.15, 0.2) is 91.3 Å². The van der Waals surface area contributed by atoms with Gasteiger partial charge in [0, 0.05) is 35.9 Å². The molecule has 0 radical (unpaired) electrons. The van der Waals surface area contributed by atoms with Crippen molar-refractivity contribution in [1.29, 1.82) is 0 Å². The van der Waals surface area contributed by atoms with Crippen LogP contribution in [0.25, 0.3) is 10.8 Å². The molecule has 1 atom stereocenters. The summed E-state index contributed by atoms with van der Waals surface area (Å²) in [5.41, 5.74) is 2.61. The summed E-state index contributed by atoms with van der Waals surface area (Å²) in [6.07, 6.45) is 5.53. The lowest BCUT2D eigenvalue weighted by Crippen LogP contribution is -2.48. The van der Waals surface area contributed by atoms with Crippen molar-refractivity contribution in [2.75, 3.05) is 6.54 Å². The van der Waals surface area contributed by atoms with Gasteiger partial charge in [-0.25, -0.2) is 0 Å². The lowest BCUT2D eigenvalue weighted by atomic mass is 10.0. The first-order chi connectivity index (χ1) is 16.6. The maximum atomic E-state index is 13.0. The third kappa shape index (κ3) is 6.42. The standard InChI is InChI=1S/C28H26ClN3O2/c29-25-11-7-21(8-12-25)18-26(28(34)31-15-3-4-20-13-16-30-17-14-20)32-27(33)24-10-9-22-5-1-2-6-23(22)19-24/h1-2,5-14,16-17,19,26H,3-4,15,18H2,(H,31,34)(H,32,33). The molecular weight excluding hydrogens is 446 g/mol. The molecule has 0 aliphatic rings. The number of fused-ring (bicyclic) bond motifs is 1. The number of aryl methyl sites for hydroxylation is 1. The fraction of sp³-hybridized carbons (Fsp3) is 0.179. The number of benzene rings is 3. The van der Waals surface area contributed by atoms with E-state index in [0.29, 0.717) is 23.6 Å². The summed E-state index contributed by atoms with van der Waals surface area (Å²) in [5, 5.41) is 8.56. The van der Waals surface area contributed by atoms with Crippen LogP contribution in [-0.4, -0.2) is 29.4 Å². The molecule has 0 aliphatic heterocycles. The molecule has 3 aromatic carbocycles. The van der Waals surface area contributed by atoms with Gasteiger partial charge < -0.3 is 10.6 Å². The number of carbonyl (C=O) groups excluding carboxylic acids is 2. The van der Waals surface area contributed by atoms with Crippen molar-refractivity contribution >= 4 is 34.2 Å². The molecule has 0 saturated carbocycles. The SMILES string of the molecule is O=C(NC(Cc1ccc(Cl)cc1)C(=O)NCCCc1ccncc1)c1ccc2ccccc2c1. The van der Waals surface area contributed by atoms with Crippen LogP contribution in [-0.2, 0) is 17.6 Å². The van der Waals surface area contributed by atoms with E-state index in [1.807, 2.05) is 60.7 Å². The minimum Gasteiger partial charge on any atom is -0.354 e. The van der Waals surface area contributed by atoms with Crippen molar-refractivity contribution in [1.82, 2.24) is 15.6 Å². The Balaban J connectivity index is 1.43. The predicted octanol–water partition coefficient (Wildman–Crippen LogP) is 4.98. The van der Waals surface area contributed by atoms with Crippen LogP contribution in [0, 0.1) is 0 Å². The summed E-state index contributed by atoms with van der Waals surface area (Å²) in [5.74, 6) is -0.490. The molecule has 5 nitrogen and oxygen atoms in total. The summed E-state index contributed by atoms with van der Waals surface area (Å²) >= 11 is 6.00. The van der Waals surface area contributed by atoms with E-state index in [1.165, 1.54) is 5.56 Å². The largest absolute Gasteiger partial charge is 0.354 e. The normalized spacial score (nSPS) is 11.7. The van der Waals surface area contributed by atoms with Crippen molar-refractivity contribution in [2.24, 2.45) is 0 Å². The summed E-state index contributed by atoms with van der Waals surface area (Å²) in [6.45, 7) is 0.518. The number of halogens is 1. The molecule has 172 valence electrons. The van der Waals surface area contributed by atoms with Gasteiger partial charge in [0.25, 0.3) is 5.91 Å². The monoisotopic (exact) mass is 471 g/mol.